The van der Waals surface area contributed by atoms with Gasteiger partial charge in [0, 0.05) is 36.3 Å². The van der Waals surface area contributed by atoms with Gasteiger partial charge < -0.3 is 15.0 Å². The maximum absolute atomic E-state index is 12.6. The van der Waals surface area contributed by atoms with E-state index in [2.05, 4.69) is 9.88 Å². The number of fused-ring (bicyclic) bond motifs is 2. The van der Waals surface area contributed by atoms with Gasteiger partial charge in [-0.2, -0.15) is 0 Å². The van der Waals surface area contributed by atoms with Crippen LogP contribution in [0.2, 0.25) is 0 Å². The van der Waals surface area contributed by atoms with Crippen molar-refractivity contribution in [2.45, 2.75) is 13.5 Å². The van der Waals surface area contributed by atoms with Crippen LogP contribution in [-0.2, 0) is 11.3 Å². The molecule has 3 aromatic rings. The number of carbonyl (C=O) groups excluding carboxylic acids is 2. The summed E-state index contributed by atoms with van der Waals surface area (Å²) in [5.41, 5.74) is 8.29. The van der Waals surface area contributed by atoms with Gasteiger partial charge in [-0.3, -0.25) is 24.3 Å². The summed E-state index contributed by atoms with van der Waals surface area (Å²) in [6.07, 6.45) is 0. The molecular weight excluding hydrogens is 348 g/mol. The van der Waals surface area contributed by atoms with E-state index in [-0.39, 0.29) is 16.9 Å². The SMILES string of the molecule is COCCn1c(C)cc2cc(-n3c(N)c4c(cc3=O)C(=O)NC4=O)ccc21. The van der Waals surface area contributed by atoms with Crippen LogP contribution in [0.5, 0.6) is 0 Å². The monoisotopic (exact) mass is 366 g/mol. The highest BCUT2D eigenvalue weighted by Gasteiger charge is 2.31. The molecule has 1 aromatic carbocycles. The highest BCUT2D eigenvalue weighted by atomic mass is 16.5. The van der Waals surface area contributed by atoms with E-state index >= 15 is 0 Å². The first-order valence-corrected chi connectivity index (χ1v) is 8.42. The summed E-state index contributed by atoms with van der Waals surface area (Å²) in [6, 6.07) is 8.66. The Balaban J connectivity index is 1.89. The predicted molar refractivity (Wildman–Crippen MR) is 100 cm³/mol. The van der Waals surface area contributed by atoms with Gasteiger partial charge in [-0.1, -0.05) is 0 Å². The molecule has 0 bridgehead atoms. The third-order valence-corrected chi connectivity index (χ3v) is 4.82. The third kappa shape index (κ3) is 2.53. The zero-order valence-electron chi connectivity index (χ0n) is 14.9. The number of pyridine rings is 1. The molecular formula is C19H18N4O4. The molecule has 1 aliphatic heterocycles. The fourth-order valence-electron chi connectivity index (χ4n) is 3.56. The second kappa shape index (κ2) is 6.10. The minimum Gasteiger partial charge on any atom is -0.384 e. The van der Waals surface area contributed by atoms with Gasteiger partial charge in [0.15, 0.2) is 0 Å². The zero-order chi connectivity index (χ0) is 19.3. The van der Waals surface area contributed by atoms with Gasteiger partial charge in [-0.05, 0) is 31.2 Å². The lowest BCUT2D eigenvalue weighted by Gasteiger charge is -2.12. The van der Waals surface area contributed by atoms with Crippen molar-refractivity contribution in [1.82, 2.24) is 14.5 Å². The first-order valence-electron chi connectivity index (χ1n) is 8.42. The summed E-state index contributed by atoms with van der Waals surface area (Å²) in [6.45, 7) is 3.31. The Hall–Kier alpha value is -3.39. The summed E-state index contributed by atoms with van der Waals surface area (Å²) in [5, 5.41) is 3.10. The Bertz CT molecular complexity index is 1170. The third-order valence-electron chi connectivity index (χ3n) is 4.82. The van der Waals surface area contributed by atoms with E-state index in [1.165, 1.54) is 4.57 Å². The van der Waals surface area contributed by atoms with Crippen LogP contribution >= 0.6 is 0 Å². The summed E-state index contributed by atoms with van der Waals surface area (Å²) >= 11 is 0. The fourth-order valence-corrected chi connectivity index (χ4v) is 3.56. The highest BCUT2D eigenvalue weighted by molar-refractivity contribution is 6.23. The van der Waals surface area contributed by atoms with Crippen LogP contribution in [0.1, 0.15) is 26.4 Å². The Labute approximate surface area is 154 Å². The minimum atomic E-state index is -0.604. The van der Waals surface area contributed by atoms with E-state index in [1.54, 1.807) is 13.2 Å². The summed E-state index contributed by atoms with van der Waals surface area (Å²) < 4.78 is 8.53. The lowest BCUT2D eigenvalue weighted by Crippen LogP contribution is -2.24. The van der Waals surface area contributed by atoms with Crippen LogP contribution in [0, 0.1) is 6.92 Å². The van der Waals surface area contributed by atoms with Crippen molar-refractivity contribution in [1.29, 1.82) is 0 Å². The molecule has 27 heavy (non-hydrogen) atoms. The van der Waals surface area contributed by atoms with Gasteiger partial charge in [-0.15, -0.1) is 0 Å². The lowest BCUT2D eigenvalue weighted by molar-refractivity contribution is 0.0880. The van der Waals surface area contributed by atoms with Crippen LogP contribution < -0.4 is 16.6 Å². The number of imide groups is 1. The fraction of sp³-hybridized carbons (Fsp3) is 0.211. The smallest absolute Gasteiger partial charge is 0.262 e. The number of nitrogens with zero attached hydrogens (tertiary/aromatic N) is 2. The number of carbonyl (C=O) groups is 2. The van der Waals surface area contributed by atoms with Crippen molar-refractivity contribution < 1.29 is 14.3 Å². The topological polar surface area (TPSA) is 108 Å². The zero-order valence-corrected chi connectivity index (χ0v) is 14.9. The average molecular weight is 366 g/mol. The van der Waals surface area contributed by atoms with E-state index in [4.69, 9.17) is 10.5 Å². The van der Waals surface area contributed by atoms with Crippen LogP contribution in [0.15, 0.2) is 35.1 Å². The molecule has 0 unspecified atom stereocenters. The Kier molecular flexibility index (Phi) is 3.85. The largest absolute Gasteiger partial charge is 0.384 e. The summed E-state index contributed by atoms with van der Waals surface area (Å²) in [4.78, 5) is 36.4. The van der Waals surface area contributed by atoms with Gasteiger partial charge in [0.1, 0.15) is 5.82 Å². The van der Waals surface area contributed by atoms with E-state index in [1.807, 2.05) is 25.1 Å². The van der Waals surface area contributed by atoms with Crippen molar-refractivity contribution in [2.24, 2.45) is 0 Å². The van der Waals surface area contributed by atoms with Crippen molar-refractivity contribution in [3.63, 3.8) is 0 Å². The number of anilines is 1. The van der Waals surface area contributed by atoms with Crippen molar-refractivity contribution in [2.75, 3.05) is 19.5 Å². The molecule has 1 aliphatic rings. The van der Waals surface area contributed by atoms with Gasteiger partial charge >= 0.3 is 0 Å². The van der Waals surface area contributed by atoms with E-state index in [0.717, 1.165) is 22.7 Å². The summed E-state index contributed by atoms with van der Waals surface area (Å²) in [7, 11) is 1.66. The number of aryl methyl sites for hydroxylation is 1. The number of hydrogen-bond donors (Lipinski definition) is 2. The molecule has 0 atom stereocenters. The molecule has 0 saturated carbocycles. The van der Waals surface area contributed by atoms with Crippen LogP contribution in [0.25, 0.3) is 16.6 Å². The number of nitrogens with one attached hydrogen (secondary N) is 1. The minimum absolute atomic E-state index is 0.0152. The second-order valence-corrected chi connectivity index (χ2v) is 6.45. The van der Waals surface area contributed by atoms with Crippen molar-refractivity contribution >= 4 is 28.5 Å². The Morgan fingerprint density at radius 3 is 2.63 bits per heavy atom. The summed E-state index contributed by atoms with van der Waals surface area (Å²) in [5.74, 6) is -1.24. The van der Waals surface area contributed by atoms with Gasteiger partial charge in [-0.25, -0.2) is 0 Å². The molecule has 2 amide bonds. The molecule has 3 heterocycles. The number of hydrogen-bond acceptors (Lipinski definition) is 5. The number of amides is 2. The molecule has 0 aliphatic carbocycles. The number of aromatic nitrogens is 2. The van der Waals surface area contributed by atoms with Gasteiger partial charge in [0.25, 0.3) is 17.4 Å². The molecule has 138 valence electrons. The van der Waals surface area contributed by atoms with Crippen molar-refractivity contribution in [3.05, 3.63) is 57.5 Å². The number of methoxy groups -OCH3 is 1. The first kappa shape index (κ1) is 17.0. The Morgan fingerprint density at radius 1 is 1.11 bits per heavy atom. The van der Waals surface area contributed by atoms with Crippen LogP contribution in [0.3, 0.4) is 0 Å². The molecule has 0 radical (unpaired) electrons. The molecule has 8 nitrogen and oxygen atoms in total. The van der Waals surface area contributed by atoms with E-state index in [9.17, 15) is 14.4 Å². The normalized spacial score (nSPS) is 13.3. The standard InChI is InChI=1S/C19H18N4O4/c1-10-7-11-8-12(3-4-14(11)22(10)5-6-27-2)23-15(24)9-13-16(17(23)20)19(26)21-18(13)25/h3-4,7-9H,5-6,20H2,1-2H3,(H,21,25,26). The molecule has 8 heteroatoms. The molecule has 0 saturated heterocycles. The number of benzene rings is 1. The predicted octanol–water partition coefficient (Wildman–Crippen LogP) is 1.21. The molecule has 4 rings (SSSR count). The average Bonchev–Trinajstić information content (AvgIpc) is 3.08. The number of nitrogens with two attached hydrogens (primary N) is 1. The van der Waals surface area contributed by atoms with Crippen molar-refractivity contribution in [3.8, 4) is 5.69 Å². The van der Waals surface area contributed by atoms with Gasteiger partial charge in [0.05, 0.1) is 23.4 Å². The molecule has 0 fully saturated rings. The van der Waals surface area contributed by atoms with Crippen LogP contribution in [0.4, 0.5) is 5.82 Å². The number of ether oxygens (including phenoxy) is 1. The number of nitrogen functional groups attached to an aromatic ring is 1. The maximum atomic E-state index is 12.6. The lowest BCUT2D eigenvalue weighted by atomic mass is 10.1. The Morgan fingerprint density at radius 2 is 1.89 bits per heavy atom. The number of rotatable bonds is 4. The van der Waals surface area contributed by atoms with Crippen LogP contribution in [-0.4, -0.2) is 34.7 Å². The van der Waals surface area contributed by atoms with E-state index < -0.39 is 17.4 Å². The first-order chi connectivity index (χ1) is 12.9. The second-order valence-electron chi connectivity index (χ2n) is 6.45. The molecule has 3 N–H and O–H groups in total. The highest BCUT2D eigenvalue weighted by Crippen LogP contribution is 2.26. The molecule has 2 aromatic heterocycles. The maximum Gasteiger partial charge on any atom is 0.262 e. The molecule has 0 spiro atoms. The van der Waals surface area contributed by atoms with E-state index in [0.29, 0.717) is 18.8 Å². The van der Waals surface area contributed by atoms with Gasteiger partial charge in [0.2, 0.25) is 0 Å². The quantitative estimate of drug-likeness (QED) is 0.675.